The average molecular weight is 829 g/mol. The predicted molar refractivity (Wildman–Crippen MR) is 217 cm³/mol. The summed E-state index contributed by atoms with van der Waals surface area (Å²) in [5, 5.41) is 9.47. The van der Waals surface area contributed by atoms with Gasteiger partial charge in [0.05, 0.1) is 34.9 Å². The number of aryl methyl sites for hydroxylation is 1. The first-order valence-electron chi connectivity index (χ1n) is 20.1. The minimum absolute atomic E-state index is 0.00284. The third-order valence-corrected chi connectivity index (χ3v) is 11.3. The van der Waals surface area contributed by atoms with Crippen molar-refractivity contribution in [3.63, 3.8) is 0 Å². The second-order valence-corrected chi connectivity index (χ2v) is 15.6. The Kier molecular flexibility index (Phi) is 12.0. The van der Waals surface area contributed by atoms with Crippen LogP contribution in [-0.4, -0.2) is 81.6 Å². The maximum absolute atomic E-state index is 13.6. The van der Waals surface area contributed by atoms with Gasteiger partial charge in [0.2, 0.25) is 17.7 Å². The molecule has 3 aromatic carbocycles. The maximum Gasteiger partial charge on any atom is 0.416 e. The van der Waals surface area contributed by atoms with E-state index in [-0.39, 0.29) is 41.5 Å². The van der Waals surface area contributed by atoms with Gasteiger partial charge in [0.25, 0.3) is 11.8 Å². The average Bonchev–Trinajstić information content (AvgIpc) is 3.45. The molecule has 7 rings (SSSR count). The van der Waals surface area contributed by atoms with Gasteiger partial charge in [0, 0.05) is 55.8 Å². The van der Waals surface area contributed by atoms with Crippen LogP contribution in [0.25, 0.3) is 10.9 Å². The minimum Gasteiger partial charge on any atom is -0.493 e. The zero-order chi connectivity index (χ0) is 42.9. The molecule has 14 nitrogen and oxygen atoms in total. The zero-order valence-corrected chi connectivity index (χ0v) is 33.6. The number of anilines is 3. The van der Waals surface area contributed by atoms with Gasteiger partial charge in [-0.3, -0.25) is 34.2 Å². The summed E-state index contributed by atoms with van der Waals surface area (Å²) in [5.74, 6) is -0.573. The number of nitrogens with two attached hydrogens (primary N) is 1. The first kappa shape index (κ1) is 41.9. The molecule has 2 atom stereocenters. The van der Waals surface area contributed by atoms with E-state index in [9.17, 15) is 37.1 Å². The molecule has 0 aliphatic carbocycles. The predicted octanol–water partition coefficient (Wildman–Crippen LogP) is 6.50. The first-order valence-corrected chi connectivity index (χ1v) is 20.1. The number of amides is 5. The number of carbonyl (C=O) groups is 5. The number of halogens is 3. The van der Waals surface area contributed by atoms with Gasteiger partial charge in [-0.2, -0.15) is 13.2 Å². The van der Waals surface area contributed by atoms with Crippen LogP contribution in [0.15, 0.2) is 48.5 Å². The van der Waals surface area contributed by atoms with Gasteiger partial charge in [-0.15, -0.1) is 0 Å². The van der Waals surface area contributed by atoms with Crippen LogP contribution < -0.4 is 26.4 Å². The van der Waals surface area contributed by atoms with Crippen LogP contribution >= 0.6 is 0 Å². The molecule has 2 unspecified atom stereocenters. The number of unbranched alkanes of at least 4 members (excludes halogenated alkanes) is 2. The molecule has 0 bridgehead atoms. The van der Waals surface area contributed by atoms with Crippen molar-refractivity contribution >= 4 is 57.6 Å². The molecular formula is C43H47F3N8O6. The number of alkyl halides is 3. The van der Waals surface area contributed by atoms with E-state index >= 15 is 0 Å². The highest BCUT2D eigenvalue weighted by Gasteiger charge is 2.45. The van der Waals surface area contributed by atoms with Crippen molar-refractivity contribution in [1.29, 1.82) is 0 Å². The highest BCUT2D eigenvalue weighted by molar-refractivity contribution is 6.25. The lowest BCUT2D eigenvalue weighted by atomic mass is 9.88. The van der Waals surface area contributed by atoms with Crippen molar-refractivity contribution < 1.29 is 41.9 Å². The molecule has 1 aromatic heterocycles. The van der Waals surface area contributed by atoms with Crippen molar-refractivity contribution in [2.24, 2.45) is 0 Å². The molecule has 3 aliphatic heterocycles. The van der Waals surface area contributed by atoms with E-state index in [1.165, 1.54) is 6.07 Å². The molecule has 5 amide bonds. The minimum atomic E-state index is -4.56. The summed E-state index contributed by atoms with van der Waals surface area (Å²) < 4.78 is 47.3. The molecule has 0 radical (unpaired) electrons. The van der Waals surface area contributed by atoms with Gasteiger partial charge in [0.15, 0.2) is 0 Å². The highest BCUT2D eigenvalue weighted by Crippen LogP contribution is 2.40. The van der Waals surface area contributed by atoms with E-state index < -0.39 is 47.5 Å². The fourth-order valence-corrected chi connectivity index (χ4v) is 8.20. The lowest BCUT2D eigenvalue weighted by Gasteiger charge is -2.32. The first-order chi connectivity index (χ1) is 28.6. The molecule has 4 aromatic rings. The SMILES string of the molecule is CC(=O)N1CCC(c2cc3c(NC(C)c4cc(N)cc(C(F)(F)F)c4)nc(C)nc3cc2OCCCCCNc2cccc3c2C(=O)N(C2CCC(=O)NC2=O)C3=O)CC1. The quantitative estimate of drug-likeness (QED) is 0.0654. The van der Waals surface area contributed by atoms with E-state index in [2.05, 4.69) is 25.9 Å². The van der Waals surface area contributed by atoms with Crippen LogP contribution in [0.4, 0.5) is 30.4 Å². The number of nitrogens with zero attached hydrogens (tertiary/aromatic N) is 4. The number of fused-ring (bicyclic) bond motifs is 2. The second kappa shape index (κ2) is 17.1. The normalized spacial score (nSPS) is 17.8. The second-order valence-electron chi connectivity index (χ2n) is 15.6. The van der Waals surface area contributed by atoms with Crippen LogP contribution in [-0.2, 0) is 20.6 Å². The molecule has 17 heteroatoms. The Bertz CT molecular complexity index is 2360. The number of hydrogen-bond donors (Lipinski definition) is 4. The molecule has 3 aliphatic rings. The van der Waals surface area contributed by atoms with Crippen LogP contribution in [0, 0.1) is 6.92 Å². The van der Waals surface area contributed by atoms with Crippen LogP contribution in [0.2, 0.25) is 0 Å². The van der Waals surface area contributed by atoms with Gasteiger partial charge in [-0.05, 0) is 106 Å². The summed E-state index contributed by atoms with van der Waals surface area (Å²) in [5.41, 5.74) is 7.84. The van der Waals surface area contributed by atoms with Gasteiger partial charge in [0.1, 0.15) is 23.4 Å². The fourth-order valence-electron chi connectivity index (χ4n) is 8.20. The number of hydrogen-bond acceptors (Lipinski definition) is 11. The van der Waals surface area contributed by atoms with Crippen molar-refractivity contribution in [3.05, 3.63) is 82.2 Å². The molecule has 2 saturated heterocycles. The molecular weight excluding hydrogens is 782 g/mol. The standard InChI is InChI=1S/C43H47F3N8O6/c1-23(27-18-28(43(44,45)46)20-29(47)19-27)49-39-32-21-31(26-12-15-53(16-13-26)25(3)55)36(22-34(32)50-24(2)51-39)60-17-6-4-5-14-48-33-9-7-8-30-38(33)42(59)54(41(30)58)35-10-11-37(56)52-40(35)57/h7-9,18-23,26,35,48H,4-6,10-17,47H2,1-3H3,(H,49,50,51)(H,52,56,57). The fraction of sp³-hybridized carbons (Fsp3) is 0.419. The zero-order valence-electron chi connectivity index (χ0n) is 33.6. The van der Waals surface area contributed by atoms with E-state index in [1.807, 2.05) is 17.0 Å². The Morgan fingerprint density at radius 3 is 2.48 bits per heavy atom. The van der Waals surface area contributed by atoms with Crippen molar-refractivity contribution in [3.8, 4) is 5.75 Å². The van der Waals surface area contributed by atoms with Gasteiger partial charge in [-0.1, -0.05) is 6.07 Å². The molecule has 60 heavy (non-hydrogen) atoms. The van der Waals surface area contributed by atoms with Gasteiger partial charge in [-0.25, -0.2) is 9.97 Å². The Hall–Kier alpha value is -6.26. The Balaban J connectivity index is 1.02. The number of ether oxygens (including phenoxy) is 1. The van der Waals surface area contributed by atoms with Gasteiger partial charge < -0.3 is 26.0 Å². The molecule has 0 saturated carbocycles. The molecule has 2 fully saturated rings. The largest absolute Gasteiger partial charge is 0.493 e. The summed E-state index contributed by atoms with van der Waals surface area (Å²) >= 11 is 0. The maximum atomic E-state index is 13.6. The smallest absolute Gasteiger partial charge is 0.416 e. The number of piperidine rings is 2. The lowest BCUT2D eigenvalue weighted by Crippen LogP contribution is -2.54. The topological polar surface area (TPSA) is 189 Å². The molecule has 4 heterocycles. The Morgan fingerprint density at radius 2 is 1.77 bits per heavy atom. The summed E-state index contributed by atoms with van der Waals surface area (Å²) in [6, 6.07) is 10.7. The van der Waals surface area contributed by atoms with Gasteiger partial charge >= 0.3 is 6.18 Å². The molecule has 316 valence electrons. The Labute approximate surface area is 344 Å². The van der Waals surface area contributed by atoms with E-state index in [0.717, 1.165) is 35.4 Å². The summed E-state index contributed by atoms with van der Waals surface area (Å²) in [7, 11) is 0. The number of benzene rings is 3. The third kappa shape index (κ3) is 8.84. The number of nitrogens with one attached hydrogen (secondary N) is 3. The summed E-state index contributed by atoms with van der Waals surface area (Å²) in [6.07, 6.45) is -0.826. The van der Waals surface area contributed by atoms with E-state index in [0.29, 0.717) is 85.0 Å². The van der Waals surface area contributed by atoms with Crippen LogP contribution in [0.3, 0.4) is 0 Å². The molecule has 5 N–H and O–H groups in total. The van der Waals surface area contributed by atoms with Crippen LogP contribution in [0.5, 0.6) is 5.75 Å². The number of carbonyl (C=O) groups excluding carboxylic acids is 5. The van der Waals surface area contributed by atoms with E-state index in [1.54, 1.807) is 39.0 Å². The number of likely N-dealkylation sites (tertiary alicyclic amines) is 1. The monoisotopic (exact) mass is 828 g/mol. The number of rotatable bonds is 13. The number of nitrogen functional groups attached to an aromatic ring is 1. The summed E-state index contributed by atoms with van der Waals surface area (Å²) in [4.78, 5) is 75.0. The number of aromatic nitrogens is 2. The van der Waals surface area contributed by atoms with Crippen molar-refractivity contribution in [2.75, 3.05) is 42.6 Å². The van der Waals surface area contributed by atoms with Crippen LogP contribution in [0.1, 0.15) is 114 Å². The molecule has 0 spiro atoms. The third-order valence-electron chi connectivity index (χ3n) is 11.3. The van der Waals surface area contributed by atoms with E-state index in [4.69, 9.17) is 10.5 Å². The lowest BCUT2D eigenvalue weighted by molar-refractivity contribution is -0.138. The number of imide groups is 2. The summed E-state index contributed by atoms with van der Waals surface area (Å²) in [6.45, 7) is 7.12. The van der Waals surface area contributed by atoms with Crippen molar-refractivity contribution in [1.82, 2.24) is 25.1 Å². The highest BCUT2D eigenvalue weighted by atomic mass is 19.4. The Morgan fingerprint density at radius 1 is 1.00 bits per heavy atom. The van der Waals surface area contributed by atoms with Crippen molar-refractivity contribution in [2.45, 2.75) is 89.9 Å².